The molecule has 0 bridgehead atoms. The Hall–Kier alpha value is -2.44. The number of halogens is 1. The second kappa shape index (κ2) is 6.46. The lowest BCUT2D eigenvalue weighted by Crippen LogP contribution is -2.39. The van der Waals surface area contributed by atoms with E-state index < -0.39 is 6.04 Å². The number of hydrogen-bond donors (Lipinski definition) is 1. The zero-order valence-electron chi connectivity index (χ0n) is 13.9. The summed E-state index contributed by atoms with van der Waals surface area (Å²) < 4.78 is 16.3. The molecule has 1 aromatic heterocycles. The highest BCUT2D eigenvalue weighted by atomic mass is 19.1. The largest absolute Gasteiger partial charge is 0.352 e. The summed E-state index contributed by atoms with van der Waals surface area (Å²) in [5.41, 5.74) is 0.381. The summed E-state index contributed by atoms with van der Waals surface area (Å²) in [6.45, 7) is 0.202. The van der Waals surface area contributed by atoms with Crippen molar-refractivity contribution in [2.45, 2.75) is 57.2 Å². The average molecular weight is 344 g/mol. The molecule has 0 radical (unpaired) electrons. The first-order chi connectivity index (χ1) is 12.1. The van der Waals surface area contributed by atoms with Crippen molar-refractivity contribution in [1.82, 2.24) is 19.7 Å². The third-order valence-electron chi connectivity index (χ3n) is 4.83. The van der Waals surface area contributed by atoms with Gasteiger partial charge >= 0.3 is 5.69 Å². The van der Waals surface area contributed by atoms with Crippen LogP contribution in [-0.2, 0) is 17.8 Å². The van der Waals surface area contributed by atoms with Crippen LogP contribution in [0, 0.1) is 5.82 Å². The topological polar surface area (TPSA) is 68.9 Å². The van der Waals surface area contributed by atoms with Gasteiger partial charge in [-0.2, -0.15) is 5.10 Å². The van der Waals surface area contributed by atoms with Crippen LogP contribution < -0.4 is 11.0 Å². The van der Waals surface area contributed by atoms with Gasteiger partial charge in [0, 0.05) is 12.5 Å². The lowest BCUT2D eigenvalue weighted by atomic mass is 10.1. The van der Waals surface area contributed by atoms with Crippen LogP contribution in [0.25, 0.3) is 0 Å². The Morgan fingerprint density at radius 2 is 2.12 bits per heavy atom. The zero-order valence-corrected chi connectivity index (χ0v) is 13.9. The van der Waals surface area contributed by atoms with Gasteiger partial charge in [0.15, 0.2) is 0 Å². The molecule has 7 heteroatoms. The van der Waals surface area contributed by atoms with Crippen LogP contribution in [0.1, 0.15) is 49.5 Å². The van der Waals surface area contributed by atoms with Crippen molar-refractivity contribution < 1.29 is 9.18 Å². The van der Waals surface area contributed by atoms with Crippen LogP contribution in [0.15, 0.2) is 29.1 Å². The van der Waals surface area contributed by atoms with Crippen LogP contribution >= 0.6 is 0 Å². The number of nitrogens with zero attached hydrogens (tertiary/aromatic N) is 3. The maximum absolute atomic E-state index is 13.4. The van der Waals surface area contributed by atoms with Crippen LogP contribution in [0.5, 0.6) is 0 Å². The van der Waals surface area contributed by atoms with Gasteiger partial charge < -0.3 is 5.32 Å². The lowest BCUT2D eigenvalue weighted by Gasteiger charge is -2.16. The van der Waals surface area contributed by atoms with Crippen LogP contribution in [0.4, 0.5) is 4.39 Å². The number of carbonyl (C=O) groups excluding carboxylic acids is 1. The molecular formula is C18H21FN4O2. The van der Waals surface area contributed by atoms with Gasteiger partial charge in [-0.1, -0.05) is 18.6 Å². The highest BCUT2D eigenvalue weighted by Gasteiger charge is 2.32. The van der Waals surface area contributed by atoms with E-state index in [9.17, 15) is 14.0 Å². The molecule has 2 aliphatic rings. The number of hydrogen-bond acceptors (Lipinski definition) is 3. The van der Waals surface area contributed by atoms with Crippen LogP contribution in [-0.4, -0.2) is 26.3 Å². The van der Waals surface area contributed by atoms with Gasteiger partial charge in [-0.05, 0) is 43.4 Å². The molecule has 0 spiro atoms. The minimum atomic E-state index is -0.494. The van der Waals surface area contributed by atoms with Crippen LogP contribution in [0.3, 0.4) is 0 Å². The number of aryl methyl sites for hydroxylation is 1. The SMILES string of the molecule is O=C(NC1CC1)C1CCCCc2nn(Cc3cccc(F)c3)c(=O)n21. The van der Waals surface area contributed by atoms with Gasteiger partial charge in [-0.25, -0.2) is 13.9 Å². The molecule has 0 saturated heterocycles. The predicted molar refractivity (Wildman–Crippen MR) is 89.7 cm³/mol. The lowest BCUT2D eigenvalue weighted by molar-refractivity contribution is -0.124. The molecule has 1 atom stereocenters. The van der Waals surface area contributed by atoms with E-state index in [0.717, 1.165) is 25.7 Å². The highest BCUT2D eigenvalue weighted by Crippen LogP contribution is 2.24. The molecule has 1 aliphatic carbocycles. The van der Waals surface area contributed by atoms with Crippen molar-refractivity contribution in [3.05, 3.63) is 52.0 Å². The number of carbonyl (C=O) groups is 1. The summed E-state index contributed by atoms with van der Waals surface area (Å²) in [4.78, 5) is 25.4. The third-order valence-corrected chi connectivity index (χ3v) is 4.83. The molecule has 132 valence electrons. The minimum absolute atomic E-state index is 0.0851. The van der Waals surface area contributed by atoms with E-state index in [-0.39, 0.29) is 30.0 Å². The summed E-state index contributed by atoms with van der Waals surface area (Å²) >= 11 is 0. The molecule has 1 aromatic carbocycles. The fourth-order valence-corrected chi connectivity index (χ4v) is 3.38. The van der Waals surface area contributed by atoms with Gasteiger partial charge in [0.2, 0.25) is 5.91 Å². The van der Waals surface area contributed by atoms with Crippen LogP contribution in [0.2, 0.25) is 0 Å². The first-order valence-corrected chi connectivity index (χ1v) is 8.85. The predicted octanol–water partition coefficient (Wildman–Crippen LogP) is 1.78. The number of nitrogens with one attached hydrogen (secondary N) is 1. The maximum atomic E-state index is 13.4. The minimum Gasteiger partial charge on any atom is -0.352 e. The molecule has 1 unspecified atom stereocenters. The Bertz CT molecular complexity index is 853. The van der Waals surface area contributed by atoms with Crippen molar-refractivity contribution in [3.63, 3.8) is 0 Å². The Morgan fingerprint density at radius 1 is 1.28 bits per heavy atom. The first-order valence-electron chi connectivity index (χ1n) is 8.85. The van der Waals surface area contributed by atoms with Gasteiger partial charge in [0.25, 0.3) is 0 Å². The summed E-state index contributed by atoms with van der Waals surface area (Å²) in [5, 5.41) is 7.43. The van der Waals surface area contributed by atoms with E-state index in [1.807, 2.05) is 0 Å². The second-order valence-electron chi connectivity index (χ2n) is 6.90. The van der Waals surface area contributed by atoms with Crippen molar-refractivity contribution in [3.8, 4) is 0 Å². The quantitative estimate of drug-likeness (QED) is 0.919. The number of rotatable bonds is 4. The highest BCUT2D eigenvalue weighted by molar-refractivity contribution is 5.81. The van der Waals surface area contributed by atoms with Crippen molar-refractivity contribution in [1.29, 1.82) is 0 Å². The molecule has 1 aliphatic heterocycles. The Kier molecular flexibility index (Phi) is 4.15. The van der Waals surface area contributed by atoms with Crippen molar-refractivity contribution >= 4 is 5.91 Å². The summed E-state index contributed by atoms with van der Waals surface area (Å²) in [6, 6.07) is 5.91. The Morgan fingerprint density at radius 3 is 2.88 bits per heavy atom. The Labute approximate surface area is 144 Å². The van der Waals surface area contributed by atoms with E-state index in [1.54, 1.807) is 16.7 Å². The second-order valence-corrected chi connectivity index (χ2v) is 6.90. The number of fused-ring (bicyclic) bond motifs is 1. The molecule has 1 amide bonds. The molecule has 2 aromatic rings. The standard InChI is InChI=1S/C18H21FN4O2/c19-13-5-3-4-12(10-13)11-22-18(25)23-15(17(24)20-14-8-9-14)6-1-2-7-16(23)21-22/h3-5,10,14-15H,1-2,6-9,11H2,(H,20,24). The first kappa shape index (κ1) is 16.1. The van der Waals surface area contributed by atoms with Gasteiger partial charge in [-0.15, -0.1) is 0 Å². The average Bonchev–Trinajstić information content (AvgIpc) is 3.36. The zero-order chi connectivity index (χ0) is 17.4. The monoisotopic (exact) mass is 344 g/mol. The van der Waals surface area contributed by atoms with E-state index in [4.69, 9.17) is 0 Å². The molecule has 6 nitrogen and oxygen atoms in total. The summed E-state index contributed by atoms with van der Waals surface area (Å²) in [7, 11) is 0. The maximum Gasteiger partial charge on any atom is 0.346 e. The van der Waals surface area contributed by atoms with Gasteiger partial charge in [-0.3, -0.25) is 9.36 Å². The fraction of sp³-hybridized carbons (Fsp3) is 0.500. The summed E-state index contributed by atoms with van der Waals surface area (Å²) in [5.74, 6) is 0.223. The summed E-state index contributed by atoms with van der Waals surface area (Å²) in [6.07, 6.45) is 5.16. The number of benzene rings is 1. The molecule has 1 saturated carbocycles. The number of aromatic nitrogens is 3. The molecule has 4 rings (SSSR count). The normalized spacial score (nSPS) is 20.0. The fourth-order valence-electron chi connectivity index (χ4n) is 3.38. The van der Waals surface area contributed by atoms with Gasteiger partial charge in [0.1, 0.15) is 17.7 Å². The van der Waals surface area contributed by atoms with E-state index in [0.29, 0.717) is 24.2 Å². The number of amides is 1. The third kappa shape index (κ3) is 3.36. The molecule has 25 heavy (non-hydrogen) atoms. The molecule has 1 N–H and O–H groups in total. The molecular weight excluding hydrogens is 323 g/mol. The van der Waals surface area contributed by atoms with Gasteiger partial charge in [0.05, 0.1) is 6.54 Å². The molecule has 1 fully saturated rings. The van der Waals surface area contributed by atoms with E-state index in [2.05, 4.69) is 10.4 Å². The molecule has 2 heterocycles. The van der Waals surface area contributed by atoms with E-state index in [1.165, 1.54) is 16.8 Å². The Balaban J connectivity index is 1.65. The smallest absolute Gasteiger partial charge is 0.346 e. The van der Waals surface area contributed by atoms with Crippen molar-refractivity contribution in [2.24, 2.45) is 0 Å². The van der Waals surface area contributed by atoms with E-state index >= 15 is 0 Å². The van der Waals surface area contributed by atoms with Crippen molar-refractivity contribution in [2.75, 3.05) is 0 Å².